The average molecular weight is 256 g/mol. The van der Waals surface area contributed by atoms with Gasteiger partial charge in [0.15, 0.2) is 0 Å². The summed E-state index contributed by atoms with van der Waals surface area (Å²) in [5, 5.41) is 14.6. The van der Waals surface area contributed by atoms with Gasteiger partial charge in [0.05, 0.1) is 0 Å². The van der Waals surface area contributed by atoms with Gasteiger partial charge in [-0.3, -0.25) is 9.59 Å². The number of hydrogen-bond acceptors (Lipinski definition) is 3. The van der Waals surface area contributed by atoms with Crippen LogP contribution in [0.2, 0.25) is 0 Å². The fourth-order valence-corrected chi connectivity index (χ4v) is 2.22. The predicted molar refractivity (Wildman–Crippen MR) is 69.4 cm³/mol. The van der Waals surface area contributed by atoms with E-state index in [4.69, 9.17) is 5.11 Å². The van der Waals surface area contributed by atoms with E-state index in [0.29, 0.717) is 19.4 Å². The van der Waals surface area contributed by atoms with Crippen molar-refractivity contribution >= 4 is 11.9 Å². The Balaban J connectivity index is 2.08. The summed E-state index contributed by atoms with van der Waals surface area (Å²) in [6.07, 6.45) is 6.69. The molecule has 1 heterocycles. The van der Waals surface area contributed by atoms with Crippen molar-refractivity contribution in [2.24, 2.45) is 0 Å². The minimum Gasteiger partial charge on any atom is -0.480 e. The van der Waals surface area contributed by atoms with Crippen LogP contribution >= 0.6 is 0 Å². The van der Waals surface area contributed by atoms with Crippen molar-refractivity contribution in [2.75, 3.05) is 6.54 Å². The van der Waals surface area contributed by atoms with E-state index in [1.807, 2.05) is 0 Å². The molecule has 2 atom stereocenters. The van der Waals surface area contributed by atoms with Crippen LogP contribution in [0.25, 0.3) is 0 Å². The fraction of sp³-hybridized carbons (Fsp3) is 0.846. The Kier molecular flexibility index (Phi) is 6.72. The van der Waals surface area contributed by atoms with Gasteiger partial charge in [-0.25, -0.2) is 0 Å². The normalized spacial score (nSPS) is 22.9. The van der Waals surface area contributed by atoms with Crippen LogP contribution in [-0.2, 0) is 9.59 Å². The molecular formula is C13H24N2O3. The first kappa shape index (κ1) is 15.0. The number of unbranched alkanes of at least 4 members (excludes halogenated alkanes) is 4. The van der Waals surface area contributed by atoms with E-state index < -0.39 is 12.0 Å². The van der Waals surface area contributed by atoms with Crippen LogP contribution in [0.5, 0.6) is 0 Å². The number of rotatable bonds is 8. The van der Waals surface area contributed by atoms with E-state index in [2.05, 4.69) is 17.6 Å². The number of aliphatic carboxylic acids is 1. The molecule has 0 aromatic heterocycles. The lowest BCUT2D eigenvalue weighted by Crippen LogP contribution is -2.35. The summed E-state index contributed by atoms with van der Waals surface area (Å²) >= 11 is 0. The van der Waals surface area contributed by atoms with E-state index in [-0.39, 0.29) is 11.9 Å². The van der Waals surface area contributed by atoms with Crippen molar-refractivity contribution in [3.05, 3.63) is 0 Å². The Morgan fingerprint density at radius 2 is 2.00 bits per heavy atom. The summed E-state index contributed by atoms with van der Waals surface area (Å²) in [5.41, 5.74) is 0. The Morgan fingerprint density at radius 1 is 1.28 bits per heavy atom. The molecule has 104 valence electrons. The molecular weight excluding hydrogens is 232 g/mol. The van der Waals surface area contributed by atoms with E-state index in [1.54, 1.807) is 0 Å². The van der Waals surface area contributed by atoms with E-state index >= 15 is 0 Å². The van der Waals surface area contributed by atoms with E-state index in [0.717, 1.165) is 12.8 Å². The van der Waals surface area contributed by atoms with Crippen molar-refractivity contribution in [1.29, 1.82) is 0 Å². The molecule has 1 amide bonds. The molecule has 0 saturated carbocycles. The first-order valence-corrected chi connectivity index (χ1v) is 6.89. The SMILES string of the molecule is CCCCCCCC(=O)N[C@H]1CN[C@@H](C(=O)O)C1. The molecule has 0 spiro atoms. The third-order valence-corrected chi connectivity index (χ3v) is 3.30. The zero-order chi connectivity index (χ0) is 13.4. The number of carboxylic acid groups (broad SMARTS) is 1. The largest absolute Gasteiger partial charge is 0.480 e. The summed E-state index contributed by atoms with van der Waals surface area (Å²) in [6, 6.07) is -0.547. The van der Waals surface area contributed by atoms with Gasteiger partial charge in [0.1, 0.15) is 6.04 Å². The predicted octanol–water partition coefficient (Wildman–Crippen LogP) is 1.28. The third-order valence-electron chi connectivity index (χ3n) is 3.30. The summed E-state index contributed by atoms with van der Waals surface area (Å²) in [4.78, 5) is 22.4. The van der Waals surface area contributed by atoms with Gasteiger partial charge in [0.2, 0.25) is 5.91 Å². The number of hydrogen-bond donors (Lipinski definition) is 3. The molecule has 1 saturated heterocycles. The minimum atomic E-state index is -0.841. The van der Waals surface area contributed by atoms with Crippen LogP contribution in [-0.4, -0.2) is 35.6 Å². The van der Waals surface area contributed by atoms with Crippen LogP contribution in [0, 0.1) is 0 Å². The summed E-state index contributed by atoms with van der Waals surface area (Å²) in [7, 11) is 0. The number of nitrogens with one attached hydrogen (secondary N) is 2. The van der Waals surface area contributed by atoms with Gasteiger partial charge in [0.25, 0.3) is 0 Å². The van der Waals surface area contributed by atoms with Crippen LogP contribution in [0.3, 0.4) is 0 Å². The minimum absolute atomic E-state index is 0.0331. The lowest BCUT2D eigenvalue weighted by Gasteiger charge is -2.11. The maximum atomic E-state index is 11.6. The second-order valence-corrected chi connectivity index (χ2v) is 4.96. The van der Waals surface area contributed by atoms with Gasteiger partial charge in [0, 0.05) is 19.0 Å². The highest BCUT2D eigenvalue weighted by molar-refractivity contribution is 5.77. The lowest BCUT2D eigenvalue weighted by atomic mass is 10.1. The molecule has 0 bridgehead atoms. The molecule has 3 N–H and O–H groups in total. The Hall–Kier alpha value is -1.10. The molecule has 5 nitrogen and oxygen atoms in total. The summed E-state index contributed by atoms with van der Waals surface area (Å²) < 4.78 is 0. The molecule has 0 unspecified atom stereocenters. The second-order valence-electron chi connectivity index (χ2n) is 4.96. The molecule has 18 heavy (non-hydrogen) atoms. The van der Waals surface area contributed by atoms with Crippen LogP contribution in [0.4, 0.5) is 0 Å². The molecule has 1 fully saturated rings. The van der Waals surface area contributed by atoms with Crippen molar-refractivity contribution in [1.82, 2.24) is 10.6 Å². The van der Waals surface area contributed by atoms with Crippen molar-refractivity contribution < 1.29 is 14.7 Å². The third kappa shape index (κ3) is 5.49. The van der Waals surface area contributed by atoms with Gasteiger partial charge in [-0.1, -0.05) is 32.6 Å². The first-order chi connectivity index (χ1) is 8.63. The molecule has 1 rings (SSSR count). The van der Waals surface area contributed by atoms with Crippen LogP contribution in [0.1, 0.15) is 51.9 Å². The quantitative estimate of drug-likeness (QED) is 0.572. The van der Waals surface area contributed by atoms with E-state index in [1.165, 1.54) is 19.3 Å². The number of carbonyl (C=O) groups excluding carboxylic acids is 1. The van der Waals surface area contributed by atoms with Gasteiger partial charge in [-0.2, -0.15) is 0 Å². The second kappa shape index (κ2) is 8.08. The Labute approximate surface area is 108 Å². The summed E-state index contributed by atoms with van der Waals surface area (Å²) in [5.74, 6) is -0.796. The van der Waals surface area contributed by atoms with Crippen LogP contribution in [0.15, 0.2) is 0 Å². The standard InChI is InChI=1S/C13H24N2O3/c1-2-3-4-5-6-7-12(16)15-10-8-11(13(17)18)14-9-10/h10-11,14H,2-9H2,1H3,(H,15,16)(H,17,18)/t10-,11-/m1/s1. The topological polar surface area (TPSA) is 78.4 Å². The molecule has 0 aromatic carbocycles. The van der Waals surface area contributed by atoms with E-state index in [9.17, 15) is 9.59 Å². The molecule has 1 aliphatic heterocycles. The zero-order valence-corrected chi connectivity index (χ0v) is 11.1. The van der Waals surface area contributed by atoms with Gasteiger partial charge < -0.3 is 15.7 Å². The Morgan fingerprint density at radius 3 is 2.61 bits per heavy atom. The zero-order valence-electron chi connectivity index (χ0n) is 11.1. The first-order valence-electron chi connectivity index (χ1n) is 6.89. The lowest BCUT2D eigenvalue weighted by molar-refractivity contribution is -0.139. The number of amides is 1. The monoisotopic (exact) mass is 256 g/mol. The van der Waals surface area contributed by atoms with Crippen molar-refractivity contribution in [2.45, 2.75) is 64.0 Å². The highest BCUT2D eigenvalue weighted by Crippen LogP contribution is 2.08. The molecule has 0 radical (unpaired) electrons. The number of carboxylic acids is 1. The molecule has 0 aromatic rings. The van der Waals surface area contributed by atoms with Crippen molar-refractivity contribution in [3.8, 4) is 0 Å². The van der Waals surface area contributed by atoms with Gasteiger partial charge in [-0.15, -0.1) is 0 Å². The Bertz CT molecular complexity index is 281. The molecule has 0 aliphatic carbocycles. The smallest absolute Gasteiger partial charge is 0.320 e. The van der Waals surface area contributed by atoms with Crippen LogP contribution < -0.4 is 10.6 Å². The molecule has 5 heteroatoms. The fourth-order valence-electron chi connectivity index (χ4n) is 2.22. The highest BCUT2D eigenvalue weighted by atomic mass is 16.4. The average Bonchev–Trinajstić information content (AvgIpc) is 2.77. The maximum absolute atomic E-state index is 11.6. The number of carbonyl (C=O) groups is 2. The highest BCUT2D eigenvalue weighted by Gasteiger charge is 2.29. The maximum Gasteiger partial charge on any atom is 0.320 e. The van der Waals surface area contributed by atoms with Gasteiger partial charge in [-0.05, 0) is 12.8 Å². The summed E-state index contributed by atoms with van der Waals surface area (Å²) in [6.45, 7) is 2.72. The van der Waals surface area contributed by atoms with Crippen molar-refractivity contribution in [3.63, 3.8) is 0 Å². The molecule has 1 aliphatic rings. The van der Waals surface area contributed by atoms with Gasteiger partial charge >= 0.3 is 5.97 Å².